The van der Waals surface area contributed by atoms with Crippen LogP contribution in [0.15, 0.2) is 42.6 Å². The van der Waals surface area contributed by atoms with E-state index in [0.29, 0.717) is 16.6 Å². The third-order valence-electron chi connectivity index (χ3n) is 5.43. The highest BCUT2D eigenvalue weighted by Gasteiger charge is 2.20. The molecular formula is C25H26FN5O2S. The van der Waals surface area contributed by atoms with Crippen LogP contribution in [0.5, 0.6) is 0 Å². The summed E-state index contributed by atoms with van der Waals surface area (Å²) < 4.78 is 15.6. The van der Waals surface area contributed by atoms with Crippen LogP contribution >= 0.6 is 11.3 Å². The maximum atomic E-state index is 13.8. The number of amides is 2. The predicted octanol–water partition coefficient (Wildman–Crippen LogP) is 4.66. The van der Waals surface area contributed by atoms with Crippen molar-refractivity contribution in [3.8, 4) is 11.3 Å². The van der Waals surface area contributed by atoms with E-state index in [1.807, 2.05) is 27.7 Å². The first-order valence-electron chi connectivity index (χ1n) is 11.0. The molecule has 7 nitrogen and oxygen atoms in total. The summed E-state index contributed by atoms with van der Waals surface area (Å²) in [6.45, 7) is 8.45. The van der Waals surface area contributed by atoms with Crippen LogP contribution in [-0.2, 0) is 0 Å². The summed E-state index contributed by atoms with van der Waals surface area (Å²) in [5.74, 6) is -1.40. The summed E-state index contributed by atoms with van der Waals surface area (Å²) in [5.41, 5.74) is 2.79. The first-order valence-corrected chi connectivity index (χ1v) is 11.8. The number of fused-ring (bicyclic) bond motifs is 1. The molecule has 0 aliphatic rings. The molecule has 0 aliphatic heterocycles. The minimum atomic E-state index is -0.586. The van der Waals surface area contributed by atoms with E-state index >= 15 is 0 Å². The van der Waals surface area contributed by atoms with Crippen LogP contribution in [-0.4, -0.2) is 39.7 Å². The van der Waals surface area contributed by atoms with Gasteiger partial charge >= 0.3 is 0 Å². The van der Waals surface area contributed by atoms with Gasteiger partial charge in [-0.25, -0.2) is 14.1 Å². The molecule has 0 aliphatic carbocycles. The molecule has 2 N–H and O–H groups in total. The van der Waals surface area contributed by atoms with E-state index in [4.69, 9.17) is 4.98 Å². The number of aromatic nitrogens is 3. The first-order chi connectivity index (χ1) is 16.3. The lowest BCUT2D eigenvalue weighted by atomic mass is 10.1. The van der Waals surface area contributed by atoms with E-state index in [2.05, 4.69) is 21.8 Å². The van der Waals surface area contributed by atoms with Crippen molar-refractivity contribution in [2.75, 3.05) is 13.1 Å². The monoisotopic (exact) mass is 479 g/mol. The van der Waals surface area contributed by atoms with Crippen molar-refractivity contribution in [3.63, 3.8) is 0 Å². The fourth-order valence-electron chi connectivity index (χ4n) is 3.79. The Hall–Kier alpha value is -3.59. The Morgan fingerprint density at radius 2 is 1.74 bits per heavy atom. The van der Waals surface area contributed by atoms with Gasteiger partial charge in [-0.15, -0.1) is 11.3 Å². The SMILES string of the molecule is Cc1cc(-c2cc(C(=O)NCCNC(=O)c3ccccc3F)c3cnn(C(C)C)c3n2)c(C)s1. The molecule has 0 fully saturated rings. The van der Waals surface area contributed by atoms with Crippen molar-refractivity contribution in [1.82, 2.24) is 25.4 Å². The smallest absolute Gasteiger partial charge is 0.254 e. The first kappa shape index (κ1) is 23.6. The summed E-state index contributed by atoms with van der Waals surface area (Å²) in [6.07, 6.45) is 1.66. The largest absolute Gasteiger partial charge is 0.350 e. The fourth-order valence-corrected chi connectivity index (χ4v) is 4.73. The van der Waals surface area contributed by atoms with Crippen LogP contribution in [0.4, 0.5) is 4.39 Å². The minimum Gasteiger partial charge on any atom is -0.350 e. The molecule has 0 saturated heterocycles. The van der Waals surface area contributed by atoms with Gasteiger partial charge in [0.15, 0.2) is 5.65 Å². The number of hydrogen-bond donors (Lipinski definition) is 2. The Balaban J connectivity index is 1.55. The zero-order chi connectivity index (χ0) is 24.4. The number of nitrogens with zero attached hydrogens (tertiary/aromatic N) is 3. The number of halogens is 1. The highest BCUT2D eigenvalue weighted by molar-refractivity contribution is 7.12. The second-order valence-electron chi connectivity index (χ2n) is 8.29. The molecule has 4 rings (SSSR count). The normalized spacial score (nSPS) is 11.2. The number of thiophene rings is 1. The lowest BCUT2D eigenvalue weighted by Crippen LogP contribution is -2.35. The van der Waals surface area contributed by atoms with Crippen LogP contribution in [0, 0.1) is 19.7 Å². The lowest BCUT2D eigenvalue weighted by molar-refractivity contribution is 0.0926. The molecule has 34 heavy (non-hydrogen) atoms. The number of pyridine rings is 1. The number of hydrogen-bond acceptors (Lipinski definition) is 5. The molecule has 0 saturated carbocycles. The maximum Gasteiger partial charge on any atom is 0.254 e. The van der Waals surface area contributed by atoms with Gasteiger partial charge in [-0.05, 0) is 52.0 Å². The van der Waals surface area contributed by atoms with E-state index in [0.717, 1.165) is 16.1 Å². The Kier molecular flexibility index (Phi) is 6.74. The second-order valence-corrected chi connectivity index (χ2v) is 9.75. The van der Waals surface area contributed by atoms with Gasteiger partial charge in [0, 0.05) is 34.4 Å². The standard InChI is InChI=1S/C25H26FN5O2S/c1-14(2)31-23-20(13-29-31)19(12-22(30-23)18-11-15(3)34-16(18)4)25(33)28-10-9-27-24(32)17-7-5-6-8-21(17)26/h5-8,11-14H,9-10H2,1-4H3,(H,27,32)(H,28,33). The number of benzene rings is 1. The van der Waals surface area contributed by atoms with Gasteiger partial charge in [-0.2, -0.15) is 5.10 Å². The van der Waals surface area contributed by atoms with Gasteiger partial charge in [-0.3, -0.25) is 9.59 Å². The van der Waals surface area contributed by atoms with Crippen LogP contribution in [0.3, 0.4) is 0 Å². The molecule has 3 heterocycles. The number of carbonyl (C=O) groups excluding carboxylic acids is 2. The molecule has 0 radical (unpaired) electrons. The number of rotatable bonds is 7. The highest BCUT2D eigenvalue weighted by atomic mass is 32.1. The maximum absolute atomic E-state index is 13.8. The van der Waals surface area contributed by atoms with Crippen molar-refractivity contribution in [3.05, 3.63) is 69.3 Å². The van der Waals surface area contributed by atoms with Crippen LogP contribution in [0.25, 0.3) is 22.3 Å². The molecule has 4 aromatic rings. The summed E-state index contributed by atoms with van der Waals surface area (Å²) in [6, 6.07) is 9.71. The summed E-state index contributed by atoms with van der Waals surface area (Å²) >= 11 is 1.69. The van der Waals surface area contributed by atoms with Crippen LogP contribution < -0.4 is 10.6 Å². The van der Waals surface area contributed by atoms with Crippen molar-refractivity contribution in [2.24, 2.45) is 0 Å². The Labute approximate surface area is 201 Å². The average Bonchev–Trinajstić information content (AvgIpc) is 3.38. The average molecular weight is 480 g/mol. The molecule has 0 bridgehead atoms. The van der Waals surface area contributed by atoms with Crippen LogP contribution in [0.1, 0.15) is 50.4 Å². The number of nitrogens with one attached hydrogen (secondary N) is 2. The highest BCUT2D eigenvalue weighted by Crippen LogP contribution is 2.32. The zero-order valence-electron chi connectivity index (χ0n) is 19.5. The fraction of sp³-hybridized carbons (Fsp3) is 0.280. The van der Waals surface area contributed by atoms with Gasteiger partial charge < -0.3 is 10.6 Å². The van der Waals surface area contributed by atoms with Gasteiger partial charge in [0.05, 0.1) is 28.4 Å². The molecule has 0 unspecified atom stereocenters. The van der Waals surface area contributed by atoms with E-state index in [9.17, 15) is 14.0 Å². The predicted molar refractivity (Wildman–Crippen MR) is 132 cm³/mol. The van der Waals surface area contributed by atoms with Gasteiger partial charge in [0.1, 0.15) is 5.82 Å². The molecule has 176 valence electrons. The summed E-state index contributed by atoms with van der Waals surface area (Å²) in [7, 11) is 0. The quantitative estimate of drug-likeness (QED) is 0.378. The molecular weight excluding hydrogens is 453 g/mol. The molecule has 3 aromatic heterocycles. The van der Waals surface area contributed by atoms with Crippen molar-refractivity contribution in [2.45, 2.75) is 33.7 Å². The third kappa shape index (κ3) is 4.70. The molecule has 9 heteroatoms. The summed E-state index contributed by atoms with van der Waals surface area (Å²) in [5, 5.41) is 10.6. The van der Waals surface area contributed by atoms with E-state index in [1.165, 1.54) is 23.1 Å². The Morgan fingerprint density at radius 1 is 1.06 bits per heavy atom. The molecule has 2 amide bonds. The summed E-state index contributed by atoms with van der Waals surface area (Å²) in [4.78, 5) is 32.4. The van der Waals surface area contributed by atoms with Gasteiger partial charge in [0.2, 0.25) is 0 Å². The zero-order valence-corrected chi connectivity index (χ0v) is 20.3. The molecule has 1 aromatic carbocycles. The van der Waals surface area contributed by atoms with Crippen LogP contribution in [0.2, 0.25) is 0 Å². The van der Waals surface area contributed by atoms with E-state index < -0.39 is 11.7 Å². The van der Waals surface area contributed by atoms with Gasteiger partial charge in [0.25, 0.3) is 11.8 Å². The van der Waals surface area contributed by atoms with Crippen molar-refractivity contribution >= 4 is 34.2 Å². The number of aryl methyl sites for hydroxylation is 2. The van der Waals surface area contributed by atoms with Gasteiger partial charge in [-0.1, -0.05) is 12.1 Å². The lowest BCUT2D eigenvalue weighted by Gasteiger charge is -2.11. The third-order valence-corrected chi connectivity index (χ3v) is 6.40. The minimum absolute atomic E-state index is 0.0307. The van der Waals surface area contributed by atoms with E-state index in [-0.39, 0.29) is 30.6 Å². The number of carbonyl (C=O) groups is 2. The van der Waals surface area contributed by atoms with Crippen molar-refractivity contribution < 1.29 is 14.0 Å². The topological polar surface area (TPSA) is 88.9 Å². The molecule has 0 spiro atoms. The molecule has 0 atom stereocenters. The Bertz CT molecular complexity index is 1380. The second kappa shape index (κ2) is 9.72. The Morgan fingerprint density at radius 3 is 2.35 bits per heavy atom. The van der Waals surface area contributed by atoms with E-state index in [1.54, 1.807) is 34.3 Å². The van der Waals surface area contributed by atoms with Crippen molar-refractivity contribution in [1.29, 1.82) is 0 Å².